The van der Waals surface area contributed by atoms with Gasteiger partial charge in [0.1, 0.15) is 24.1 Å². The molecule has 1 saturated heterocycles. The predicted octanol–water partition coefficient (Wildman–Crippen LogP) is 8.85. The molecule has 0 unspecified atom stereocenters. The molecule has 5 aromatic rings. The molecule has 0 atom stereocenters. The normalized spacial score (nSPS) is 15.6. The van der Waals surface area contributed by atoms with Crippen molar-refractivity contribution in [3.05, 3.63) is 131 Å². The zero-order valence-electron chi connectivity index (χ0n) is 26.4. The van der Waals surface area contributed by atoms with Crippen LogP contribution in [-0.2, 0) is 19.6 Å². The molecule has 1 spiro atoms. The largest absolute Gasteiger partial charge is 0.473 e. The highest BCUT2D eigenvalue weighted by Gasteiger charge is 2.45. The minimum Gasteiger partial charge on any atom is -0.473 e. The van der Waals surface area contributed by atoms with Crippen molar-refractivity contribution < 1.29 is 9.47 Å². The summed E-state index contributed by atoms with van der Waals surface area (Å²) in [4.78, 5) is 11.4. The molecule has 0 amide bonds. The molecule has 8 heteroatoms. The SMILES string of the molecule is Nc1c(Nc2ccc(OCc3ccccc3)nc2OCc2ccccc2)cccc1N1CCC2(CC1)CC(Cc1ccc(Cl)nc1)C2. The van der Waals surface area contributed by atoms with Gasteiger partial charge >= 0.3 is 0 Å². The Morgan fingerprint density at radius 2 is 1.47 bits per heavy atom. The minimum atomic E-state index is 0.382. The van der Waals surface area contributed by atoms with Crippen LogP contribution in [0.15, 0.2) is 109 Å². The van der Waals surface area contributed by atoms with Gasteiger partial charge in [-0.05, 0) is 84.4 Å². The van der Waals surface area contributed by atoms with Crippen molar-refractivity contribution in [2.24, 2.45) is 11.3 Å². The first kappa shape index (κ1) is 30.9. The molecule has 0 radical (unpaired) electrons. The molecular formula is C39H40ClN5O2. The van der Waals surface area contributed by atoms with Crippen molar-refractivity contribution in [1.29, 1.82) is 0 Å². The van der Waals surface area contributed by atoms with E-state index in [1.165, 1.54) is 31.2 Å². The summed E-state index contributed by atoms with van der Waals surface area (Å²) in [5.41, 5.74) is 14.1. The number of aromatic nitrogens is 2. The third-order valence-electron chi connectivity index (χ3n) is 9.56. The zero-order valence-corrected chi connectivity index (χ0v) is 27.2. The van der Waals surface area contributed by atoms with E-state index in [0.717, 1.165) is 59.3 Å². The first-order valence-corrected chi connectivity index (χ1v) is 16.8. The number of hydrogen-bond donors (Lipinski definition) is 2. The van der Waals surface area contributed by atoms with Gasteiger partial charge in [-0.3, -0.25) is 0 Å². The Labute approximate surface area is 281 Å². The van der Waals surface area contributed by atoms with E-state index in [4.69, 9.17) is 31.8 Å². The number of hydrogen-bond acceptors (Lipinski definition) is 7. The number of nitrogens with two attached hydrogens (primary N) is 1. The number of rotatable bonds is 11. The average molecular weight is 646 g/mol. The number of halogens is 1. The number of benzene rings is 3. The Morgan fingerprint density at radius 1 is 0.766 bits per heavy atom. The maximum atomic E-state index is 6.85. The summed E-state index contributed by atoms with van der Waals surface area (Å²) in [6.45, 7) is 2.81. The Balaban J connectivity index is 1.02. The van der Waals surface area contributed by atoms with Gasteiger partial charge in [-0.15, -0.1) is 0 Å². The maximum Gasteiger partial charge on any atom is 0.241 e. The fourth-order valence-corrected chi connectivity index (χ4v) is 7.16. The second-order valence-electron chi connectivity index (χ2n) is 12.9. The monoisotopic (exact) mass is 645 g/mol. The van der Waals surface area contributed by atoms with Gasteiger partial charge in [0.05, 0.1) is 17.1 Å². The quantitative estimate of drug-likeness (QED) is 0.110. The van der Waals surface area contributed by atoms with Crippen LogP contribution in [0.3, 0.4) is 0 Å². The summed E-state index contributed by atoms with van der Waals surface area (Å²) >= 11 is 5.97. The molecule has 3 heterocycles. The van der Waals surface area contributed by atoms with E-state index in [0.29, 0.717) is 35.5 Å². The van der Waals surface area contributed by atoms with Gasteiger partial charge in [-0.2, -0.15) is 4.98 Å². The molecule has 3 aromatic carbocycles. The highest BCUT2D eigenvalue weighted by Crippen LogP contribution is 2.54. The molecule has 240 valence electrons. The lowest BCUT2D eigenvalue weighted by atomic mass is 9.56. The van der Waals surface area contributed by atoms with Crippen LogP contribution in [-0.4, -0.2) is 23.1 Å². The molecule has 1 aliphatic heterocycles. The molecule has 2 aliphatic rings. The van der Waals surface area contributed by atoms with Crippen LogP contribution in [0.2, 0.25) is 5.15 Å². The summed E-state index contributed by atoms with van der Waals surface area (Å²) in [5, 5.41) is 4.08. The van der Waals surface area contributed by atoms with E-state index in [1.807, 2.05) is 91.1 Å². The van der Waals surface area contributed by atoms with Crippen molar-refractivity contribution in [3.63, 3.8) is 0 Å². The molecular weight excluding hydrogens is 606 g/mol. The van der Waals surface area contributed by atoms with Gasteiger partial charge in [0.2, 0.25) is 11.8 Å². The van der Waals surface area contributed by atoms with Crippen molar-refractivity contribution in [1.82, 2.24) is 9.97 Å². The van der Waals surface area contributed by atoms with Gasteiger partial charge in [-0.1, -0.05) is 84.4 Å². The second kappa shape index (κ2) is 13.9. The average Bonchev–Trinajstić information content (AvgIpc) is 3.09. The topological polar surface area (TPSA) is 85.5 Å². The minimum absolute atomic E-state index is 0.382. The van der Waals surface area contributed by atoms with Gasteiger partial charge < -0.3 is 25.4 Å². The van der Waals surface area contributed by atoms with E-state index in [9.17, 15) is 0 Å². The summed E-state index contributed by atoms with van der Waals surface area (Å²) in [7, 11) is 0. The Morgan fingerprint density at radius 3 is 2.15 bits per heavy atom. The number of nitrogens with one attached hydrogen (secondary N) is 1. The van der Waals surface area contributed by atoms with Crippen molar-refractivity contribution >= 4 is 34.4 Å². The van der Waals surface area contributed by atoms with Gasteiger partial charge in [-0.25, -0.2) is 4.98 Å². The summed E-state index contributed by atoms with van der Waals surface area (Å²) in [5.74, 6) is 1.68. The Hall–Kier alpha value is -4.75. The number of ether oxygens (including phenoxy) is 2. The van der Waals surface area contributed by atoms with Crippen LogP contribution in [0.4, 0.5) is 22.7 Å². The van der Waals surface area contributed by atoms with Gasteiger partial charge in [0.25, 0.3) is 0 Å². The van der Waals surface area contributed by atoms with E-state index >= 15 is 0 Å². The zero-order chi connectivity index (χ0) is 32.1. The molecule has 47 heavy (non-hydrogen) atoms. The number of piperidine rings is 1. The van der Waals surface area contributed by atoms with Crippen LogP contribution in [0, 0.1) is 11.3 Å². The van der Waals surface area contributed by atoms with Crippen LogP contribution in [0.5, 0.6) is 11.8 Å². The Kier molecular flexibility index (Phi) is 9.16. The van der Waals surface area contributed by atoms with Gasteiger partial charge in [0, 0.05) is 25.4 Å². The second-order valence-corrected chi connectivity index (χ2v) is 13.3. The molecule has 2 fully saturated rings. The van der Waals surface area contributed by atoms with E-state index < -0.39 is 0 Å². The fourth-order valence-electron chi connectivity index (χ4n) is 7.05. The number of pyridine rings is 2. The molecule has 0 bridgehead atoms. The van der Waals surface area contributed by atoms with Crippen LogP contribution < -0.4 is 25.4 Å². The standard InChI is InChI=1S/C39H40ClN5O2/c40-35-16-14-30(25-42-35)22-31-23-39(24-31)18-20-45(21-19-39)34-13-7-12-32(37(34)41)43-33-15-17-36(46-26-28-8-3-1-4-9-28)44-38(33)47-27-29-10-5-2-6-11-29/h1-17,25,31,43H,18-24,26-27,41H2. The molecule has 7 nitrogen and oxygen atoms in total. The van der Waals surface area contributed by atoms with Crippen LogP contribution in [0.25, 0.3) is 0 Å². The van der Waals surface area contributed by atoms with E-state index in [2.05, 4.69) is 33.4 Å². The van der Waals surface area contributed by atoms with Crippen LogP contribution >= 0.6 is 11.6 Å². The van der Waals surface area contributed by atoms with E-state index in [1.54, 1.807) is 0 Å². The molecule has 2 aromatic heterocycles. The van der Waals surface area contributed by atoms with E-state index in [-0.39, 0.29) is 0 Å². The fraction of sp³-hybridized carbons (Fsp3) is 0.282. The molecule has 7 rings (SSSR count). The number of nitrogen functional groups attached to an aromatic ring is 1. The van der Waals surface area contributed by atoms with Gasteiger partial charge in [0.15, 0.2) is 0 Å². The first-order chi connectivity index (χ1) is 23.0. The number of nitrogens with zero attached hydrogens (tertiary/aromatic N) is 3. The lowest BCUT2D eigenvalue weighted by Crippen LogP contribution is -2.47. The number of para-hydroxylation sites is 1. The molecule has 3 N–H and O–H groups in total. The van der Waals surface area contributed by atoms with Crippen LogP contribution in [0.1, 0.15) is 42.4 Å². The molecule has 1 saturated carbocycles. The lowest BCUT2D eigenvalue weighted by Gasteiger charge is -2.53. The molecule has 1 aliphatic carbocycles. The maximum absolute atomic E-state index is 6.85. The van der Waals surface area contributed by atoms with Crippen molar-refractivity contribution in [2.75, 3.05) is 29.0 Å². The highest BCUT2D eigenvalue weighted by atomic mass is 35.5. The third kappa shape index (κ3) is 7.47. The summed E-state index contributed by atoms with van der Waals surface area (Å²) in [6.07, 6.45) is 7.94. The van der Waals surface area contributed by atoms with Crippen molar-refractivity contribution in [3.8, 4) is 11.8 Å². The third-order valence-corrected chi connectivity index (χ3v) is 9.78. The van der Waals surface area contributed by atoms with Crippen molar-refractivity contribution in [2.45, 2.75) is 45.3 Å². The summed E-state index contributed by atoms with van der Waals surface area (Å²) < 4.78 is 12.3. The predicted molar refractivity (Wildman–Crippen MR) is 189 cm³/mol. The summed E-state index contributed by atoms with van der Waals surface area (Å²) in [6, 6.07) is 34.1. The Bertz CT molecular complexity index is 1770. The first-order valence-electron chi connectivity index (χ1n) is 16.4. The smallest absolute Gasteiger partial charge is 0.241 e. The lowest BCUT2D eigenvalue weighted by molar-refractivity contribution is 0.0283. The highest BCUT2D eigenvalue weighted by molar-refractivity contribution is 6.29. The number of anilines is 4.